The minimum Gasteiger partial charge on any atom is -0.454 e. The quantitative estimate of drug-likeness (QED) is 0.474. The Morgan fingerprint density at radius 2 is 1.73 bits per heavy atom. The van der Waals surface area contributed by atoms with Gasteiger partial charge in [-0.3, -0.25) is 4.79 Å². The van der Waals surface area contributed by atoms with Crippen LogP contribution in [0.1, 0.15) is 29.5 Å². The maximum Gasteiger partial charge on any atom is 0.419 e. The molecule has 0 bridgehead atoms. The first-order valence-electron chi connectivity index (χ1n) is 10.4. The van der Waals surface area contributed by atoms with Gasteiger partial charge in [-0.25, -0.2) is 4.39 Å². The highest BCUT2D eigenvalue weighted by Gasteiger charge is 2.51. The Hall–Kier alpha value is -3.55. The van der Waals surface area contributed by atoms with Gasteiger partial charge in [0.25, 0.3) is 0 Å². The molecular formula is C25H19F4NO3. The lowest BCUT2D eigenvalue weighted by Gasteiger charge is -2.18. The van der Waals surface area contributed by atoms with Crippen molar-refractivity contribution in [2.24, 2.45) is 0 Å². The van der Waals surface area contributed by atoms with Crippen LogP contribution in [0.3, 0.4) is 0 Å². The summed E-state index contributed by atoms with van der Waals surface area (Å²) in [4.78, 5) is 13.2. The van der Waals surface area contributed by atoms with Crippen LogP contribution in [0.15, 0.2) is 54.6 Å². The summed E-state index contributed by atoms with van der Waals surface area (Å²) in [5.74, 6) is -0.296. The number of fused-ring (bicyclic) bond motifs is 1. The van der Waals surface area contributed by atoms with Crippen molar-refractivity contribution in [2.45, 2.75) is 31.4 Å². The zero-order valence-corrected chi connectivity index (χ0v) is 17.6. The molecule has 2 aliphatic rings. The molecule has 1 amide bonds. The number of rotatable bonds is 4. The van der Waals surface area contributed by atoms with Crippen LogP contribution in [0, 0.1) is 12.7 Å². The van der Waals surface area contributed by atoms with Gasteiger partial charge in [-0.2, -0.15) is 13.2 Å². The average Bonchev–Trinajstić information content (AvgIpc) is 3.45. The number of amides is 1. The van der Waals surface area contributed by atoms with E-state index in [4.69, 9.17) is 9.47 Å². The second-order valence-electron chi connectivity index (χ2n) is 8.33. The fourth-order valence-electron chi connectivity index (χ4n) is 4.14. The normalized spacial score (nSPS) is 15.9. The van der Waals surface area contributed by atoms with Gasteiger partial charge in [0.15, 0.2) is 11.5 Å². The number of halogens is 4. The highest BCUT2D eigenvalue weighted by molar-refractivity contribution is 6.02. The van der Waals surface area contributed by atoms with Crippen LogP contribution < -0.4 is 14.8 Å². The van der Waals surface area contributed by atoms with Crippen molar-refractivity contribution in [1.29, 1.82) is 0 Å². The Morgan fingerprint density at radius 1 is 0.970 bits per heavy atom. The van der Waals surface area contributed by atoms with Crippen LogP contribution in [-0.2, 0) is 16.4 Å². The Morgan fingerprint density at radius 3 is 2.45 bits per heavy atom. The van der Waals surface area contributed by atoms with Gasteiger partial charge in [0.2, 0.25) is 12.7 Å². The lowest BCUT2D eigenvalue weighted by molar-refractivity contribution is -0.140. The Bertz CT molecular complexity index is 1260. The van der Waals surface area contributed by atoms with E-state index in [0.717, 1.165) is 17.7 Å². The van der Waals surface area contributed by atoms with E-state index in [0.29, 0.717) is 41.2 Å². The smallest absolute Gasteiger partial charge is 0.419 e. The third-order valence-electron chi connectivity index (χ3n) is 6.19. The Balaban J connectivity index is 1.43. The molecule has 0 saturated heterocycles. The fourth-order valence-corrected chi connectivity index (χ4v) is 4.14. The molecule has 1 aliphatic heterocycles. The lowest BCUT2D eigenvalue weighted by Crippen LogP contribution is -2.27. The molecule has 170 valence electrons. The van der Waals surface area contributed by atoms with Crippen LogP contribution in [0.4, 0.5) is 23.2 Å². The summed E-state index contributed by atoms with van der Waals surface area (Å²) in [7, 11) is 0. The predicted molar refractivity (Wildman–Crippen MR) is 114 cm³/mol. The number of alkyl halides is 3. The van der Waals surface area contributed by atoms with E-state index in [2.05, 4.69) is 5.32 Å². The van der Waals surface area contributed by atoms with Crippen LogP contribution in [-0.4, -0.2) is 12.7 Å². The van der Waals surface area contributed by atoms with Crippen molar-refractivity contribution in [2.75, 3.05) is 12.1 Å². The molecule has 1 heterocycles. The van der Waals surface area contributed by atoms with Gasteiger partial charge in [0.05, 0.1) is 11.0 Å². The molecule has 8 heteroatoms. The largest absolute Gasteiger partial charge is 0.454 e. The van der Waals surface area contributed by atoms with Crippen molar-refractivity contribution in [1.82, 2.24) is 0 Å². The lowest BCUT2D eigenvalue weighted by atomic mass is 9.94. The molecule has 4 nitrogen and oxygen atoms in total. The van der Waals surface area contributed by atoms with E-state index in [1.165, 1.54) is 6.07 Å². The molecule has 3 aromatic rings. The monoisotopic (exact) mass is 457 g/mol. The molecule has 0 atom stereocenters. The summed E-state index contributed by atoms with van der Waals surface area (Å²) >= 11 is 0. The molecule has 1 saturated carbocycles. The van der Waals surface area contributed by atoms with Gasteiger partial charge in [-0.05, 0) is 78.4 Å². The van der Waals surface area contributed by atoms with Crippen LogP contribution >= 0.6 is 0 Å². The third kappa shape index (κ3) is 3.79. The zero-order valence-electron chi connectivity index (χ0n) is 17.6. The van der Waals surface area contributed by atoms with Gasteiger partial charge in [0.1, 0.15) is 5.82 Å². The van der Waals surface area contributed by atoms with E-state index in [1.807, 2.05) is 12.1 Å². The number of carbonyl (C=O) groups excluding carboxylic acids is 1. The van der Waals surface area contributed by atoms with E-state index in [9.17, 15) is 22.4 Å². The van der Waals surface area contributed by atoms with Crippen LogP contribution in [0.25, 0.3) is 11.1 Å². The number of benzene rings is 3. The average molecular weight is 457 g/mol. The van der Waals surface area contributed by atoms with Crippen molar-refractivity contribution in [3.05, 3.63) is 77.1 Å². The highest BCUT2D eigenvalue weighted by Crippen LogP contribution is 2.51. The van der Waals surface area contributed by atoms with Gasteiger partial charge in [0, 0.05) is 5.69 Å². The molecule has 1 fully saturated rings. The van der Waals surface area contributed by atoms with Gasteiger partial charge >= 0.3 is 6.18 Å². The molecule has 33 heavy (non-hydrogen) atoms. The summed E-state index contributed by atoms with van der Waals surface area (Å²) in [6, 6.07) is 13.3. The maximum atomic E-state index is 13.7. The number of nitrogens with one attached hydrogen (secondary N) is 1. The van der Waals surface area contributed by atoms with Crippen molar-refractivity contribution in [3.8, 4) is 22.6 Å². The maximum absolute atomic E-state index is 13.7. The molecule has 0 spiro atoms. The molecule has 3 aromatic carbocycles. The Labute approximate surface area is 187 Å². The number of aryl methyl sites for hydroxylation is 1. The van der Waals surface area contributed by atoms with Crippen molar-refractivity contribution in [3.63, 3.8) is 0 Å². The highest BCUT2D eigenvalue weighted by atomic mass is 19.4. The molecule has 1 N–H and O–H groups in total. The van der Waals surface area contributed by atoms with Gasteiger partial charge < -0.3 is 14.8 Å². The summed E-state index contributed by atoms with van der Waals surface area (Å²) in [5, 5.41) is 2.90. The molecular weight excluding hydrogens is 438 g/mol. The first kappa shape index (κ1) is 21.3. The zero-order chi connectivity index (χ0) is 23.4. The summed E-state index contributed by atoms with van der Waals surface area (Å²) in [6.45, 7) is 1.89. The minimum atomic E-state index is -4.80. The summed E-state index contributed by atoms with van der Waals surface area (Å²) < 4.78 is 64.0. The van der Waals surface area contributed by atoms with Crippen LogP contribution in [0.5, 0.6) is 11.5 Å². The Kier molecular flexibility index (Phi) is 4.84. The number of hydrogen-bond acceptors (Lipinski definition) is 3. The van der Waals surface area contributed by atoms with E-state index in [-0.39, 0.29) is 18.3 Å². The summed E-state index contributed by atoms with van der Waals surface area (Å²) in [5.41, 5.74) is 0.653. The van der Waals surface area contributed by atoms with E-state index < -0.39 is 23.0 Å². The molecule has 0 unspecified atom stereocenters. The number of carbonyl (C=O) groups is 1. The van der Waals surface area contributed by atoms with Gasteiger partial charge in [-0.15, -0.1) is 0 Å². The summed E-state index contributed by atoms with van der Waals surface area (Å²) in [6.07, 6.45) is -3.46. The molecule has 0 aromatic heterocycles. The topological polar surface area (TPSA) is 47.6 Å². The molecule has 0 radical (unpaired) electrons. The molecule has 1 aliphatic carbocycles. The predicted octanol–water partition coefficient (Wildman–Crippen LogP) is 6.22. The van der Waals surface area contributed by atoms with Crippen LogP contribution in [0.2, 0.25) is 0 Å². The van der Waals surface area contributed by atoms with Crippen molar-refractivity contribution < 1.29 is 31.8 Å². The number of hydrogen-bond donors (Lipinski definition) is 1. The number of anilines is 1. The third-order valence-corrected chi connectivity index (χ3v) is 6.19. The minimum absolute atomic E-state index is 0.142. The second kappa shape index (κ2) is 7.50. The molecule has 5 rings (SSSR count). The van der Waals surface area contributed by atoms with Crippen molar-refractivity contribution >= 4 is 11.6 Å². The number of ether oxygens (including phenoxy) is 2. The second-order valence-corrected chi connectivity index (χ2v) is 8.33. The SMILES string of the molecule is Cc1ccc(NC(=O)C2(c3ccc4c(c3)OCO4)CC2)cc1-c1ccc(F)c(C(F)(F)F)c1. The van der Waals surface area contributed by atoms with E-state index >= 15 is 0 Å². The van der Waals surface area contributed by atoms with E-state index in [1.54, 1.807) is 31.2 Å². The fraction of sp³-hybridized carbons (Fsp3) is 0.240. The standard InChI is InChI=1S/C25H19F4NO3/c1-14-2-5-17(12-18(14)15-3-6-20(26)19(10-15)25(27,28)29)30-23(31)24(8-9-24)16-4-7-21-22(11-16)33-13-32-21/h2-7,10-12H,8-9,13H2,1H3,(H,30,31). The first-order valence-corrected chi connectivity index (χ1v) is 10.4. The van der Waals surface area contributed by atoms with Gasteiger partial charge in [-0.1, -0.05) is 18.2 Å². The first-order chi connectivity index (χ1) is 15.7.